The van der Waals surface area contributed by atoms with Gasteiger partial charge in [0.2, 0.25) is 5.89 Å². The van der Waals surface area contributed by atoms with Crippen LogP contribution in [0.3, 0.4) is 0 Å². The van der Waals surface area contributed by atoms with E-state index in [2.05, 4.69) is 20.5 Å². The number of rotatable bonds is 3. The van der Waals surface area contributed by atoms with Crippen LogP contribution in [0.25, 0.3) is 0 Å². The average Bonchev–Trinajstić information content (AvgIpc) is 2.82. The van der Waals surface area contributed by atoms with Crippen molar-refractivity contribution in [2.75, 3.05) is 5.73 Å². The molecular formula is C10H8N6O2. The predicted octanol–water partition coefficient (Wildman–Crippen LogP) is -0.152. The van der Waals surface area contributed by atoms with E-state index >= 15 is 0 Å². The lowest BCUT2D eigenvalue weighted by Crippen LogP contribution is -2.24. The summed E-state index contributed by atoms with van der Waals surface area (Å²) in [5.74, 6) is -0.249. The molecule has 8 heteroatoms. The molecule has 2 aromatic heterocycles. The molecule has 0 unspecified atom stereocenters. The van der Waals surface area contributed by atoms with Gasteiger partial charge in [-0.05, 0) is 12.1 Å². The molecular weight excluding hydrogens is 236 g/mol. The van der Waals surface area contributed by atoms with E-state index in [1.807, 2.05) is 6.07 Å². The predicted molar refractivity (Wildman–Crippen MR) is 58.8 cm³/mol. The minimum atomic E-state index is -0.441. The number of nitrogens with zero attached hydrogens (tertiary/aromatic N) is 4. The fraction of sp³-hybridized carbons (Fsp3) is 0.100. The maximum atomic E-state index is 11.7. The molecule has 2 aromatic rings. The number of carbonyl (C=O) groups is 1. The molecule has 0 radical (unpaired) electrons. The molecule has 0 bridgehead atoms. The van der Waals surface area contributed by atoms with Crippen LogP contribution in [0.1, 0.15) is 21.9 Å². The van der Waals surface area contributed by atoms with E-state index in [0.717, 1.165) is 0 Å². The second-order valence-corrected chi connectivity index (χ2v) is 3.26. The maximum absolute atomic E-state index is 11.7. The number of nitrogens with one attached hydrogen (secondary N) is 1. The summed E-state index contributed by atoms with van der Waals surface area (Å²) < 4.78 is 4.88. The van der Waals surface area contributed by atoms with Crippen molar-refractivity contribution in [1.82, 2.24) is 20.5 Å². The fourth-order valence-electron chi connectivity index (χ4n) is 1.21. The zero-order chi connectivity index (χ0) is 13.0. The smallest absolute Gasteiger partial charge is 0.312 e. The quantitative estimate of drug-likeness (QED) is 0.767. The Hall–Kier alpha value is -2.95. The molecule has 2 heterocycles. The Morgan fingerprint density at radius 3 is 3.06 bits per heavy atom. The first-order valence-electron chi connectivity index (χ1n) is 4.91. The summed E-state index contributed by atoms with van der Waals surface area (Å²) in [6, 6.07) is 4.75. The van der Waals surface area contributed by atoms with Crippen LogP contribution in [0.15, 0.2) is 22.7 Å². The van der Waals surface area contributed by atoms with E-state index < -0.39 is 5.91 Å². The van der Waals surface area contributed by atoms with Crippen molar-refractivity contribution in [1.29, 1.82) is 5.26 Å². The topological polar surface area (TPSA) is 131 Å². The highest BCUT2D eigenvalue weighted by atomic mass is 16.4. The van der Waals surface area contributed by atoms with Crippen molar-refractivity contribution < 1.29 is 9.21 Å². The molecule has 0 aliphatic carbocycles. The van der Waals surface area contributed by atoms with Crippen LogP contribution < -0.4 is 11.1 Å². The third kappa shape index (κ3) is 2.59. The van der Waals surface area contributed by atoms with Gasteiger partial charge in [-0.15, -0.1) is 5.10 Å². The highest BCUT2D eigenvalue weighted by molar-refractivity contribution is 5.92. The molecule has 0 atom stereocenters. The van der Waals surface area contributed by atoms with Crippen molar-refractivity contribution in [3.8, 4) is 6.07 Å². The number of nitriles is 1. The van der Waals surface area contributed by atoms with Crippen LogP contribution in [0.2, 0.25) is 0 Å². The van der Waals surface area contributed by atoms with Crippen LogP contribution in [0.5, 0.6) is 0 Å². The van der Waals surface area contributed by atoms with Crippen LogP contribution in [0.4, 0.5) is 6.01 Å². The number of nitrogen functional groups attached to an aromatic ring is 1. The first kappa shape index (κ1) is 11.5. The number of anilines is 1. The summed E-state index contributed by atoms with van der Waals surface area (Å²) in [4.78, 5) is 15.5. The third-order valence-corrected chi connectivity index (χ3v) is 2.00. The molecule has 8 nitrogen and oxygen atoms in total. The van der Waals surface area contributed by atoms with Crippen LogP contribution in [0, 0.1) is 11.3 Å². The van der Waals surface area contributed by atoms with Gasteiger partial charge in [0.1, 0.15) is 5.69 Å². The van der Waals surface area contributed by atoms with Crippen molar-refractivity contribution in [2.45, 2.75) is 6.54 Å². The van der Waals surface area contributed by atoms with Crippen molar-refractivity contribution >= 4 is 11.9 Å². The number of hydrogen-bond donors (Lipinski definition) is 2. The highest BCUT2D eigenvalue weighted by Gasteiger charge is 2.10. The second-order valence-electron chi connectivity index (χ2n) is 3.26. The maximum Gasteiger partial charge on any atom is 0.312 e. The molecule has 0 saturated heterocycles. The van der Waals surface area contributed by atoms with E-state index in [-0.39, 0.29) is 24.1 Å². The Morgan fingerprint density at radius 2 is 2.39 bits per heavy atom. The molecule has 2 rings (SSSR count). The van der Waals surface area contributed by atoms with Gasteiger partial charge in [-0.25, -0.2) is 0 Å². The molecule has 0 aliphatic heterocycles. The van der Waals surface area contributed by atoms with Gasteiger partial charge in [-0.1, -0.05) is 5.10 Å². The summed E-state index contributed by atoms with van der Waals surface area (Å²) >= 11 is 0. The molecule has 90 valence electrons. The lowest BCUT2D eigenvalue weighted by atomic mass is 10.2. The third-order valence-electron chi connectivity index (χ3n) is 2.00. The Morgan fingerprint density at radius 1 is 1.56 bits per heavy atom. The number of pyridine rings is 1. The number of hydrogen-bond acceptors (Lipinski definition) is 7. The van der Waals surface area contributed by atoms with E-state index in [4.69, 9.17) is 15.4 Å². The Kier molecular flexibility index (Phi) is 3.15. The van der Waals surface area contributed by atoms with Gasteiger partial charge in [-0.2, -0.15) is 5.26 Å². The molecule has 0 aliphatic rings. The van der Waals surface area contributed by atoms with Gasteiger partial charge in [0.05, 0.1) is 18.2 Å². The van der Waals surface area contributed by atoms with E-state index in [1.54, 1.807) is 0 Å². The molecule has 0 fully saturated rings. The van der Waals surface area contributed by atoms with Crippen molar-refractivity contribution in [3.05, 3.63) is 35.5 Å². The minimum Gasteiger partial charge on any atom is -0.406 e. The summed E-state index contributed by atoms with van der Waals surface area (Å²) in [5, 5.41) is 18.2. The minimum absolute atomic E-state index is 0.0431. The Balaban J connectivity index is 2.01. The molecule has 3 N–H and O–H groups in total. The largest absolute Gasteiger partial charge is 0.406 e. The number of aromatic nitrogens is 3. The standard InChI is InChI=1S/C10H8N6O2/c11-4-6-1-2-13-7(3-6)9(17)14-5-8-15-16-10(12)18-8/h1-3H,5H2,(H2,12,16)(H,14,17). The zero-order valence-electron chi connectivity index (χ0n) is 9.12. The molecule has 18 heavy (non-hydrogen) atoms. The summed E-state index contributed by atoms with van der Waals surface area (Å²) in [7, 11) is 0. The highest BCUT2D eigenvalue weighted by Crippen LogP contribution is 2.02. The number of carbonyl (C=O) groups excluding carboxylic acids is 1. The average molecular weight is 244 g/mol. The molecule has 0 spiro atoms. The van der Waals surface area contributed by atoms with Gasteiger partial charge >= 0.3 is 6.01 Å². The van der Waals surface area contributed by atoms with E-state index in [0.29, 0.717) is 5.56 Å². The lowest BCUT2D eigenvalue weighted by Gasteiger charge is -2.01. The van der Waals surface area contributed by atoms with Crippen LogP contribution in [-0.2, 0) is 6.54 Å². The fourth-order valence-corrected chi connectivity index (χ4v) is 1.21. The first-order chi connectivity index (χ1) is 8.69. The van der Waals surface area contributed by atoms with Gasteiger partial charge in [0.15, 0.2) is 0 Å². The molecule has 1 amide bonds. The SMILES string of the molecule is N#Cc1ccnc(C(=O)NCc2nnc(N)o2)c1. The Labute approximate surface area is 101 Å². The van der Waals surface area contributed by atoms with Gasteiger partial charge < -0.3 is 15.5 Å². The van der Waals surface area contributed by atoms with Crippen LogP contribution in [-0.4, -0.2) is 21.1 Å². The zero-order valence-corrected chi connectivity index (χ0v) is 9.12. The summed E-state index contributed by atoms with van der Waals surface area (Å²) in [6.07, 6.45) is 1.39. The lowest BCUT2D eigenvalue weighted by molar-refractivity contribution is 0.0942. The molecule has 0 saturated carbocycles. The van der Waals surface area contributed by atoms with Gasteiger partial charge in [0.25, 0.3) is 5.91 Å². The first-order valence-corrected chi connectivity index (χ1v) is 4.91. The summed E-state index contributed by atoms with van der Waals surface area (Å²) in [5.41, 5.74) is 5.73. The normalized spacial score (nSPS) is 9.72. The second kappa shape index (κ2) is 4.92. The number of amides is 1. The van der Waals surface area contributed by atoms with Crippen LogP contribution >= 0.6 is 0 Å². The van der Waals surface area contributed by atoms with Gasteiger partial charge in [-0.3, -0.25) is 9.78 Å². The van der Waals surface area contributed by atoms with E-state index in [9.17, 15) is 4.79 Å². The molecule has 0 aromatic carbocycles. The summed E-state index contributed by atoms with van der Waals surface area (Å²) in [6.45, 7) is 0.0431. The van der Waals surface area contributed by atoms with Gasteiger partial charge in [0, 0.05) is 6.20 Å². The van der Waals surface area contributed by atoms with E-state index in [1.165, 1.54) is 18.3 Å². The Bertz CT molecular complexity index is 615. The monoisotopic (exact) mass is 244 g/mol. The number of nitrogens with two attached hydrogens (primary N) is 1. The van der Waals surface area contributed by atoms with Crippen molar-refractivity contribution in [2.24, 2.45) is 0 Å². The van der Waals surface area contributed by atoms with Crippen molar-refractivity contribution in [3.63, 3.8) is 0 Å².